The van der Waals surface area contributed by atoms with E-state index in [1.807, 2.05) is 31.7 Å². The van der Waals surface area contributed by atoms with E-state index >= 15 is 0 Å². The Balaban J connectivity index is 2.97. The SMILES string of the molecule is Cc1cc(C(=O)N(CCBr)C(C)C)ccc1Cl. The predicted molar refractivity (Wildman–Crippen MR) is 76.2 cm³/mol. The van der Waals surface area contributed by atoms with Crippen LogP contribution in [0.4, 0.5) is 0 Å². The van der Waals surface area contributed by atoms with E-state index in [9.17, 15) is 4.79 Å². The number of alkyl halides is 1. The van der Waals surface area contributed by atoms with Crippen molar-refractivity contribution in [1.82, 2.24) is 4.90 Å². The van der Waals surface area contributed by atoms with Gasteiger partial charge in [-0.25, -0.2) is 0 Å². The zero-order valence-electron chi connectivity index (χ0n) is 10.3. The number of halogens is 2. The minimum absolute atomic E-state index is 0.0548. The van der Waals surface area contributed by atoms with Gasteiger partial charge in [0.2, 0.25) is 0 Å². The molecule has 0 fully saturated rings. The van der Waals surface area contributed by atoms with Crippen molar-refractivity contribution in [3.8, 4) is 0 Å². The standard InChI is InChI=1S/C13H17BrClNO/c1-9(2)16(7-6-14)13(17)11-4-5-12(15)10(3)8-11/h4-5,8-9H,6-7H2,1-3H3. The number of carbonyl (C=O) groups is 1. The minimum atomic E-state index is 0.0548. The molecule has 0 spiro atoms. The van der Waals surface area contributed by atoms with E-state index in [1.54, 1.807) is 12.1 Å². The summed E-state index contributed by atoms with van der Waals surface area (Å²) in [6, 6.07) is 5.59. The van der Waals surface area contributed by atoms with Gasteiger partial charge in [0.15, 0.2) is 0 Å². The number of aryl methyl sites for hydroxylation is 1. The van der Waals surface area contributed by atoms with E-state index in [2.05, 4.69) is 15.9 Å². The summed E-state index contributed by atoms with van der Waals surface area (Å²) in [4.78, 5) is 14.1. The van der Waals surface area contributed by atoms with Crippen molar-refractivity contribution in [3.05, 3.63) is 34.3 Å². The lowest BCUT2D eigenvalue weighted by atomic mass is 10.1. The largest absolute Gasteiger partial charge is 0.335 e. The number of nitrogens with zero attached hydrogens (tertiary/aromatic N) is 1. The van der Waals surface area contributed by atoms with Crippen LogP contribution in [0.25, 0.3) is 0 Å². The lowest BCUT2D eigenvalue weighted by Gasteiger charge is -2.26. The summed E-state index contributed by atoms with van der Waals surface area (Å²) in [5, 5.41) is 1.47. The summed E-state index contributed by atoms with van der Waals surface area (Å²) in [7, 11) is 0. The maximum atomic E-state index is 12.3. The fourth-order valence-corrected chi connectivity index (χ4v) is 2.13. The third-order valence-electron chi connectivity index (χ3n) is 2.61. The van der Waals surface area contributed by atoms with E-state index in [0.29, 0.717) is 17.1 Å². The number of amides is 1. The van der Waals surface area contributed by atoms with Crippen LogP contribution in [0.15, 0.2) is 18.2 Å². The molecule has 0 bridgehead atoms. The van der Waals surface area contributed by atoms with E-state index in [1.165, 1.54) is 0 Å². The van der Waals surface area contributed by atoms with Crippen molar-refractivity contribution < 1.29 is 4.79 Å². The van der Waals surface area contributed by atoms with E-state index in [-0.39, 0.29) is 11.9 Å². The second kappa shape index (κ2) is 6.41. The van der Waals surface area contributed by atoms with Crippen molar-refractivity contribution in [2.24, 2.45) is 0 Å². The van der Waals surface area contributed by atoms with Crippen LogP contribution >= 0.6 is 27.5 Å². The summed E-state index contributed by atoms with van der Waals surface area (Å²) in [6.45, 7) is 6.65. The van der Waals surface area contributed by atoms with Gasteiger partial charge in [-0.3, -0.25) is 4.79 Å². The Bertz CT molecular complexity index is 406. The first-order valence-corrected chi connectivity index (χ1v) is 7.10. The van der Waals surface area contributed by atoms with Gasteiger partial charge < -0.3 is 4.90 Å². The zero-order chi connectivity index (χ0) is 13.0. The third kappa shape index (κ3) is 3.71. The molecule has 0 aliphatic rings. The second-order valence-corrected chi connectivity index (χ2v) is 5.45. The van der Waals surface area contributed by atoms with Crippen molar-refractivity contribution in [2.45, 2.75) is 26.8 Å². The lowest BCUT2D eigenvalue weighted by Crippen LogP contribution is -2.38. The number of carbonyl (C=O) groups excluding carboxylic acids is 1. The molecule has 0 radical (unpaired) electrons. The molecule has 0 aromatic heterocycles. The van der Waals surface area contributed by atoms with Crippen LogP contribution < -0.4 is 0 Å². The first kappa shape index (κ1) is 14.5. The van der Waals surface area contributed by atoms with Crippen LogP contribution in [0.2, 0.25) is 5.02 Å². The third-order valence-corrected chi connectivity index (χ3v) is 3.39. The van der Waals surface area contributed by atoms with Crippen molar-refractivity contribution in [1.29, 1.82) is 0 Å². The molecule has 94 valence electrons. The monoisotopic (exact) mass is 317 g/mol. The zero-order valence-corrected chi connectivity index (χ0v) is 12.7. The van der Waals surface area contributed by atoms with Gasteiger partial charge in [-0.1, -0.05) is 27.5 Å². The number of benzene rings is 1. The fraction of sp³-hybridized carbons (Fsp3) is 0.462. The highest BCUT2D eigenvalue weighted by Gasteiger charge is 2.18. The quantitative estimate of drug-likeness (QED) is 0.771. The van der Waals surface area contributed by atoms with Gasteiger partial charge in [-0.2, -0.15) is 0 Å². The van der Waals surface area contributed by atoms with Crippen molar-refractivity contribution in [2.75, 3.05) is 11.9 Å². The molecule has 0 N–H and O–H groups in total. The van der Waals surface area contributed by atoms with Crippen molar-refractivity contribution >= 4 is 33.4 Å². The summed E-state index contributed by atoms with van der Waals surface area (Å²) in [5.41, 5.74) is 1.63. The van der Waals surface area contributed by atoms with Gasteiger partial charge in [-0.05, 0) is 44.5 Å². The van der Waals surface area contributed by atoms with Crippen LogP contribution in [0, 0.1) is 6.92 Å². The first-order valence-electron chi connectivity index (χ1n) is 5.60. The maximum absolute atomic E-state index is 12.3. The Hall–Kier alpha value is -0.540. The molecular formula is C13H17BrClNO. The summed E-state index contributed by atoms with van der Waals surface area (Å²) in [5.74, 6) is 0.0548. The topological polar surface area (TPSA) is 20.3 Å². The first-order chi connectivity index (χ1) is 7.97. The molecule has 0 heterocycles. The molecule has 0 unspecified atom stereocenters. The molecule has 1 rings (SSSR count). The molecule has 1 aromatic carbocycles. The molecule has 17 heavy (non-hydrogen) atoms. The van der Waals surface area contributed by atoms with Gasteiger partial charge in [0.05, 0.1) is 0 Å². The molecular weight excluding hydrogens is 302 g/mol. The van der Waals surface area contributed by atoms with Crippen LogP contribution in [-0.2, 0) is 0 Å². The number of hydrogen-bond acceptors (Lipinski definition) is 1. The molecule has 4 heteroatoms. The second-order valence-electron chi connectivity index (χ2n) is 4.25. The van der Waals surface area contributed by atoms with Crippen LogP contribution in [0.1, 0.15) is 29.8 Å². The van der Waals surface area contributed by atoms with Gasteiger partial charge in [0.25, 0.3) is 5.91 Å². The van der Waals surface area contributed by atoms with Gasteiger partial charge >= 0.3 is 0 Å². The fourth-order valence-electron chi connectivity index (χ4n) is 1.63. The minimum Gasteiger partial charge on any atom is -0.335 e. The molecule has 0 saturated carbocycles. The Morgan fingerprint density at radius 3 is 2.59 bits per heavy atom. The Kier molecular flexibility index (Phi) is 5.47. The highest BCUT2D eigenvalue weighted by molar-refractivity contribution is 9.09. The van der Waals surface area contributed by atoms with Crippen LogP contribution in [-0.4, -0.2) is 28.7 Å². The van der Waals surface area contributed by atoms with E-state index < -0.39 is 0 Å². The van der Waals surface area contributed by atoms with Crippen molar-refractivity contribution in [3.63, 3.8) is 0 Å². The Morgan fingerprint density at radius 2 is 2.12 bits per heavy atom. The molecule has 0 aliphatic carbocycles. The van der Waals surface area contributed by atoms with E-state index in [0.717, 1.165) is 10.9 Å². The smallest absolute Gasteiger partial charge is 0.254 e. The average Bonchev–Trinajstić information content (AvgIpc) is 2.28. The molecule has 1 aromatic rings. The Morgan fingerprint density at radius 1 is 1.47 bits per heavy atom. The van der Waals surface area contributed by atoms with Gasteiger partial charge in [0, 0.05) is 28.5 Å². The normalized spacial score (nSPS) is 10.7. The number of hydrogen-bond donors (Lipinski definition) is 0. The van der Waals surface area contributed by atoms with Crippen LogP contribution in [0.3, 0.4) is 0 Å². The summed E-state index contributed by atoms with van der Waals surface area (Å²) in [6.07, 6.45) is 0. The van der Waals surface area contributed by atoms with Crippen LogP contribution in [0.5, 0.6) is 0 Å². The predicted octanol–water partition coefficient (Wildman–Crippen LogP) is 3.89. The molecule has 0 saturated heterocycles. The number of rotatable bonds is 4. The highest BCUT2D eigenvalue weighted by Crippen LogP contribution is 2.18. The van der Waals surface area contributed by atoms with E-state index in [4.69, 9.17) is 11.6 Å². The maximum Gasteiger partial charge on any atom is 0.254 e. The molecule has 2 nitrogen and oxygen atoms in total. The highest BCUT2D eigenvalue weighted by atomic mass is 79.9. The molecule has 1 amide bonds. The lowest BCUT2D eigenvalue weighted by molar-refractivity contribution is 0.0719. The average molecular weight is 319 g/mol. The van der Waals surface area contributed by atoms with Gasteiger partial charge in [-0.15, -0.1) is 0 Å². The molecule has 0 aliphatic heterocycles. The summed E-state index contributed by atoms with van der Waals surface area (Å²) >= 11 is 9.33. The summed E-state index contributed by atoms with van der Waals surface area (Å²) < 4.78 is 0. The van der Waals surface area contributed by atoms with Gasteiger partial charge in [0.1, 0.15) is 0 Å². The Labute approximate surface area is 116 Å². The molecule has 0 atom stereocenters.